The van der Waals surface area contributed by atoms with Crippen LogP contribution < -0.4 is 5.32 Å². The molecule has 5 nitrogen and oxygen atoms in total. The zero-order chi connectivity index (χ0) is 13.0. The quantitative estimate of drug-likeness (QED) is 0.863. The Labute approximate surface area is 107 Å². The average Bonchev–Trinajstić information content (AvgIpc) is 2.81. The molecule has 0 amide bonds. The largest absolute Gasteiger partial charge is 0.461 e. The molecule has 1 aromatic heterocycles. The van der Waals surface area contributed by atoms with Crippen LogP contribution in [0, 0.1) is 5.82 Å². The van der Waals surface area contributed by atoms with Crippen LogP contribution in [0.25, 0.3) is 0 Å². The molecule has 1 aromatic carbocycles. The second kappa shape index (κ2) is 5.54. The molecule has 0 radical (unpaired) electrons. The van der Waals surface area contributed by atoms with Crippen LogP contribution in [0.3, 0.4) is 0 Å². The van der Waals surface area contributed by atoms with Gasteiger partial charge in [0.05, 0.1) is 6.61 Å². The molecule has 0 unspecified atom stereocenters. The normalized spacial score (nSPS) is 10.1. The Kier molecular flexibility index (Phi) is 3.83. The predicted molar refractivity (Wildman–Crippen MR) is 65.5 cm³/mol. The third-order valence-electron chi connectivity index (χ3n) is 2.06. The Balaban J connectivity index is 2.17. The second-order valence-electron chi connectivity index (χ2n) is 3.30. The lowest BCUT2D eigenvalue weighted by molar-refractivity contribution is 0.0520. The fourth-order valence-electron chi connectivity index (χ4n) is 1.27. The first-order valence-corrected chi connectivity index (χ1v) is 6.00. The van der Waals surface area contributed by atoms with Crippen LogP contribution in [0.4, 0.5) is 15.1 Å². The van der Waals surface area contributed by atoms with Crippen molar-refractivity contribution in [2.75, 3.05) is 11.9 Å². The SMILES string of the molecule is CCOC(=O)c1nnsc1Nc1ccc(F)cc1. The van der Waals surface area contributed by atoms with E-state index in [1.807, 2.05) is 0 Å². The Bertz CT molecular complexity index is 541. The number of rotatable bonds is 4. The van der Waals surface area contributed by atoms with E-state index >= 15 is 0 Å². The van der Waals surface area contributed by atoms with E-state index in [1.54, 1.807) is 19.1 Å². The van der Waals surface area contributed by atoms with Crippen molar-refractivity contribution < 1.29 is 13.9 Å². The van der Waals surface area contributed by atoms with Crippen LogP contribution in [0.1, 0.15) is 17.4 Å². The maximum absolute atomic E-state index is 12.7. The van der Waals surface area contributed by atoms with Gasteiger partial charge >= 0.3 is 5.97 Å². The Morgan fingerprint density at radius 2 is 2.17 bits per heavy atom. The predicted octanol–water partition coefficient (Wildman–Crippen LogP) is 2.60. The summed E-state index contributed by atoms with van der Waals surface area (Å²) in [5.41, 5.74) is 0.777. The molecule has 0 atom stereocenters. The molecule has 7 heteroatoms. The lowest BCUT2D eigenvalue weighted by Crippen LogP contribution is -2.07. The van der Waals surface area contributed by atoms with Gasteiger partial charge in [0.2, 0.25) is 5.69 Å². The lowest BCUT2D eigenvalue weighted by Gasteiger charge is -2.04. The minimum Gasteiger partial charge on any atom is -0.461 e. The van der Waals surface area contributed by atoms with Crippen molar-refractivity contribution in [3.63, 3.8) is 0 Å². The van der Waals surface area contributed by atoms with E-state index in [1.165, 1.54) is 12.1 Å². The summed E-state index contributed by atoms with van der Waals surface area (Å²) in [6.45, 7) is 1.98. The summed E-state index contributed by atoms with van der Waals surface area (Å²) in [4.78, 5) is 11.6. The van der Waals surface area contributed by atoms with Crippen LogP contribution in [-0.2, 0) is 4.74 Å². The van der Waals surface area contributed by atoms with Crippen molar-refractivity contribution in [1.82, 2.24) is 9.59 Å². The third-order valence-corrected chi connectivity index (χ3v) is 2.70. The highest BCUT2D eigenvalue weighted by Crippen LogP contribution is 2.23. The fraction of sp³-hybridized carbons (Fsp3) is 0.182. The highest BCUT2D eigenvalue weighted by atomic mass is 32.1. The molecule has 18 heavy (non-hydrogen) atoms. The highest BCUT2D eigenvalue weighted by molar-refractivity contribution is 7.10. The van der Waals surface area contributed by atoms with Crippen LogP contribution in [0.2, 0.25) is 0 Å². The number of carbonyl (C=O) groups excluding carboxylic acids is 1. The number of anilines is 2. The summed E-state index contributed by atoms with van der Waals surface area (Å²) in [5.74, 6) is -0.857. The van der Waals surface area contributed by atoms with Gasteiger partial charge in [-0.05, 0) is 31.2 Å². The van der Waals surface area contributed by atoms with E-state index in [9.17, 15) is 9.18 Å². The van der Waals surface area contributed by atoms with E-state index in [0.717, 1.165) is 11.5 Å². The summed E-state index contributed by atoms with van der Waals surface area (Å²) in [6, 6.07) is 5.76. The van der Waals surface area contributed by atoms with Gasteiger partial charge in [-0.1, -0.05) is 4.49 Å². The monoisotopic (exact) mass is 267 g/mol. The molecule has 1 heterocycles. The molecular formula is C11H10FN3O2S. The van der Waals surface area contributed by atoms with Gasteiger partial charge in [-0.25, -0.2) is 9.18 Å². The fourth-order valence-corrected chi connectivity index (χ4v) is 1.85. The van der Waals surface area contributed by atoms with E-state index in [-0.39, 0.29) is 18.1 Å². The smallest absolute Gasteiger partial charge is 0.362 e. The van der Waals surface area contributed by atoms with Crippen molar-refractivity contribution in [3.8, 4) is 0 Å². The van der Waals surface area contributed by atoms with Gasteiger partial charge in [-0.2, -0.15) is 0 Å². The minimum absolute atomic E-state index is 0.131. The van der Waals surface area contributed by atoms with Gasteiger partial charge in [0.25, 0.3) is 0 Å². The van der Waals surface area contributed by atoms with Gasteiger partial charge < -0.3 is 10.1 Å². The van der Waals surface area contributed by atoms with Gasteiger partial charge in [-0.3, -0.25) is 0 Å². The zero-order valence-corrected chi connectivity index (χ0v) is 10.3. The summed E-state index contributed by atoms with van der Waals surface area (Å²) in [5, 5.41) is 7.12. The number of hydrogen-bond donors (Lipinski definition) is 1. The Morgan fingerprint density at radius 1 is 1.44 bits per heavy atom. The van der Waals surface area contributed by atoms with Crippen molar-refractivity contribution >= 4 is 28.2 Å². The molecule has 0 saturated heterocycles. The average molecular weight is 267 g/mol. The molecule has 1 N–H and O–H groups in total. The van der Waals surface area contributed by atoms with Crippen LogP contribution in [0.5, 0.6) is 0 Å². The summed E-state index contributed by atoms with van der Waals surface area (Å²) in [7, 11) is 0. The molecule has 0 spiro atoms. The first-order chi connectivity index (χ1) is 8.70. The number of halogens is 1. The Hall–Kier alpha value is -2.02. The lowest BCUT2D eigenvalue weighted by atomic mass is 10.3. The minimum atomic E-state index is -0.532. The van der Waals surface area contributed by atoms with Crippen LogP contribution in [-0.4, -0.2) is 22.2 Å². The first-order valence-electron chi connectivity index (χ1n) is 5.22. The molecule has 0 saturated carbocycles. The van der Waals surface area contributed by atoms with E-state index in [0.29, 0.717) is 10.7 Å². The van der Waals surface area contributed by atoms with Crippen molar-refractivity contribution in [2.24, 2.45) is 0 Å². The van der Waals surface area contributed by atoms with Gasteiger partial charge in [-0.15, -0.1) is 5.10 Å². The maximum atomic E-state index is 12.7. The third kappa shape index (κ3) is 2.80. The summed E-state index contributed by atoms with van der Waals surface area (Å²) >= 11 is 1.04. The summed E-state index contributed by atoms with van der Waals surface area (Å²) in [6.07, 6.45) is 0. The number of ether oxygens (including phenoxy) is 1. The van der Waals surface area contributed by atoms with Gasteiger partial charge in [0.15, 0.2) is 0 Å². The standard InChI is InChI=1S/C11H10FN3O2S/c1-2-17-11(16)9-10(18-15-14-9)13-8-5-3-7(12)4-6-8/h3-6,13H,2H2,1H3. The van der Waals surface area contributed by atoms with Gasteiger partial charge in [0, 0.05) is 17.2 Å². The molecule has 0 aliphatic carbocycles. The topological polar surface area (TPSA) is 64.1 Å². The van der Waals surface area contributed by atoms with Crippen LogP contribution in [0.15, 0.2) is 24.3 Å². The number of nitrogens with zero attached hydrogens (tertiary/aromatic N) is 2. The number of hydrogen-bond acceptors (Lipinski definition) is 6. The molecule has 0 aliphatic rings. The molecule has 2 rings (SSSR count). The molecular weight excluding hydrogens is 257 g/mol. The Morgan fingerprint density at radius 3 is 2.83 bits per heavy atom. The number of aromatic nitrogens is 2. The molecule has 2 aromatic rings. The maximum Gasteiger partial charge on any atom is 0.362 e. The number of benzene rings is 1. The van der Waals surface area contributed by atoms with Crippen molar-refractivity contribution in [2.45, 2.75) is 6.92 Å². The first kappa shape index (κ1) is 12.4. The number of esters is 1. The van der Waals surface area contributed by atoms with Crippen molar-refractivity contribution in [1.29, 1.82) is 0 Å². The molecule has 0 fully saturated rings. The van der Waals surface area contributed by atoms with E-state index < -0.39 is 5.97 Å². The molecule has 0 aliphatic heterocycles. The summed E-state index contributed by atoms with van der Waals surface area (Å²) < 4.78 is 21.3. The van der Waals surface area contributed by atoms with E-state index in [2.05, 4.69) is 14.9 Å². The van der Waals surface area contributed by atoms with Crippen LogP contribution >= 0.6 is 11.5 Å². The van der Waals surface area contributed by atoms with E-state index in [4.69, 9.17) is 4.74 Å². The molecule has 94 valence electrons. The van der Waals surface area contributed by atoms with Gasteiger partial charge in [0.1, 0.15) is 10.8 Å². The number of nitrogens with one attached hydrogen (secondary N) is 1. The highest BCUT2D eigenvalue weighted by Gasteiger charge is 2.17. The molecule has 0 bridgehead atoms. The van der Waals surface area contributed by atoms with Crippen molar-refractivity contribution in [3.05, 3.63) is 35.8 Å². The zero-order valence-electron chi connectivity index (χ0n) is 9.51. The number of carbonyl (C=O) groups is 1. The second-order valence-corrected chi connectivity index (χ2v) is 4.06.